The lowest BCUT2D eigenvalue weighted by molar-refractivity contribution is -0.132. The highest BCUT2D eigenvalue weighted by Crippen LogP contribution is 2.39. The Hall–Kier alpha value is -2.04. The van der Waals surface area contributed by atoms with E-state index in [1.807, 2.05) is 32.9 Å². The number of rotatable bonds is 4. The highest BCUT2D eigenvalue weighted by atomic mass is 35.5. The highest BCUT2D eigenvalue weighted by Gasteiger charge is 2.44. The number of amides is 1. The zero-order valence-electron chi connectivity index (χ0n) is 15.6. The number of hydrogen-bond donors (Lipinski definition) is 1. The van der Waals surface area contributed by atoms with Gasteiger partial charge in [0.05, 0.1) is 5.54 Å². The second-order valence-electron chi connectivity index (χ2n) is 7.26. The largest absolute Gasteiger partial charge is 0.362 e. The van der Waals surface area contributed by atoms with Crippen molar-refractivity contribution in [3.8, 4) is 0 Å². The van der Waals surface area contributed by atoms with Gasteiger partial charge in [0.15, 0.2) is 0 Å². The minimum absolute atomic E-state index is 0.0810. The maximum atomic E-state index is 13.6. The molecule has 1 atom stereocenters. The van der Waals surface area contributed by atoms with E-state index in [2.05, 4.69) is 5.32 Å². The topological polar surface area (TPSA) is 32.3 Å². The van der Waals surface area contributed by atoms with E-state index in [9.17, 15) is 9.18 Å². The second-order valence-corrected chi connectivity index (χ2v) is 8.13. The Morgan fingerprint density at radius 2 is 1.70 bits per heavy atom. The molecule has 0 spiro atoms. The number of hydrogen-bond acceptors (Lipinski definition) is 2. The van der Waals surface area contributed by atoms with Crippen LogP contribution in [-0.2, 0) is 10.3 Å². The van der Waals surface area contributed by atoms with Crippen molar-refractivity contribution in [3.05, 3.63) is 75.0 Å². The molecule has 3 rings (SSSR count). The van der Waals surface area contributed by atoms with Gasteiger partial charge in [0, 0.05) is 21.3 Å². The third kappa shape index (κ3) is 3.69. The Labute approximate surface area is 168 Å². The van der Waals surface area contributed by atoms with Crippen LogP contribution in [0.15, 0.2) is 53.6 Å². The van der Waals surface area contributed by atoms with Gasteiger partial charge in [0.2, 0.25) is 0 Å². The third-order valence-corrected chi connectivity index (χ3v) is 5.54. The lowest BCUT2D eigenvalue weighted by Crippen LogP contribution is -2.51. The predicted octanol–water partition coefficient (Wildman–Crippen LogP) is 5.98. The quantitative estimate of drug-likeness (QED) is 0.676. The highest BCUT2D eigenvalue weighted by molar-refractivity contribution is 6.34. The van der Waals surface area contributed by atoms with Crippen LogP contribution in [0.4, 0.5) is 10.1 Å². The SMILES string of the molecule is CC1=C(C)C(Nc2cccc(F)c2)N(C(C)(C)c2cc(Cl)cc(Cl)c2)C1=O. The van der Waals surface area contributed by atoms with Crippen LogP contribution in [0.3, 0.4) is 0 Å². The molecular formula is C21H21Cl2FN2O. The molecule has 1 heterocycles. The van der Waals surface area contributed by atoms with Gasteiger partial charge < -0.3 is 10.2 Å². The molecule has 0 saturated carbocycles. The van der Waals surface area contributed by atoms with Crippen molar-refractivity contribution >= 4 is 34.8 Å². The molecule has 0 fully saturated rings. The summed E-state index contributed by atoms with van der Waals surface area (Å²) in [5.41, 5.74) is 2.29. The lowest BCUT2D eigenvalue weighted by atomic mass is 9.91. The molecule has 142 valence electrons. The van der Waals surface area contributed by atoms with Crippen LogP contribution in [0.5, 0.6) is 0 Å². The van der Waals surface area contributed by atoms with E-state index in [4.69, 9.17) is 23.2 Å². The first-order valence-corrected chi connectivity index (χ1v) is 9.36. The van der Waals surface area contributed by atoms with Crippen LogP contribution in [0.25, 0.3) is 0 Å². The van der Waals surface area contributed by atoms with Gasteiger partial charge in [-0.1, -0.05) is 29.3 Å². The van der Waals surface area contributed by atoms with E-state index in [0.717, 1.165) is 11.1 Å². The summed E-state index contributed by atoms with van der Waals surface area (Å²) in [6.45, 7) is 7.60. The average Bonchev–Trinajstić information content (AvgIpc) is 2.78. The molecule has 27 heavy (non-hydrogen) atoms. The molecule has 1 N–H and O–H groups in total. The molecule has 0 aliphatic carbocycles. The Morgan fingerprint density at radius 1 is 1.07 bits per heavy atom. The van der Waals surface area contributed by atoms with Gasteiger partial charge in [0.1, 0.15) is 12.0 Å². The van der Waals surface area contributed by atoms with E-state index in [1.54, 1.807) is 30.0 Å². The van der Waals surface area contributed by atoms with Gasteiger partial charge in [-0.05, 0) is 75.2 Å². The molecule has 1 aliphatic heterocycles. The summed E-state index contributed by atoms with van der Waals surface area (Å²) in [4.78, 5) is 14.8. The lowest BCUT2D eigenvalue weighted by Gasteiger charge is -2.41. The number of benzene rings is 2. The van der Waals surface area contributed by atoms with Gasteiger partial charge >= 0.3 is 0 Å². The molecule has 0 bridgehead atoms. The van der Waals surface area contributed by atoms with E-state index >= 15 is 0 Å². The fourth-order valence-corrected chi connectivity index (χ4v) is 3.92. The number of nitrogens with zero attached hydrogens (tertiary/aromatic N) is 1. The molecule has 1 amide bonds. The first-order valence-electron chi connectivity index (χ1n) is 8.61. The number of anilines is 1. The van der Waals surface area contributed by atoms with Gasteiger partial charge in [0.25, 0.3) is 5.91 Å². The molecule has 3 nitrogen and oxygen atoms in total. The van der Waals surface area contributed by atoms with Crippen molar-refractivity contribution in [3.63, 3.8) is 0 Å². The average molecular weight is 407 g/mol. The number of nitrogens with one attached hydrogen (secondary N) is 1. The monoisotopic (exact) mass is 406 g/mol. The summed E-state index contributed by atoms with van der Waals surface area (Å²) in [6, 6.07) is 11.5. The van der Waals surface area contributed by atoms with Crippen LogP contribution >= 0.6 is 23.2 Å². The molecule has 1 aliphatic rings. The first-order chi connectivity index (χ1) is 12.6. The fourth-order valence-electron chi connectivity index (χ4n) is 3.40. The second kappa shape index (κ2) is 7.17. The Morgan fingerprint density at radius 3 is 2.30 bits per heavy atom. The predicted molar refractivity (Wildman–Crippen MR) is 109 cm³/mol. The summed E-state index contributed by atoms with van der Waals surface area (Å²) in [5, 5.41) is 4.30. The van der Waals surface area contributed by atoms with Gasteiger partial charge in [-0.15, -0.1) is 0 Å². The minimum Gasteiger partial charge on any atom is -0.362 e. The molecule has 6 heteroatoms. The fraction of sp³-hybridized carbons (Fsp3) is 0.286. The van der Waals surface area contributed by atoms with E-state index < -0.39 is 11.7 Å². The van der Waals surface area contributed by atoms with Gasteiger partial charge in [-0.3, -0.25) is 4.79 Å². The van der Waals surface area contributed by atoms with Gasteiger partial charge in [-0.2, -0.15) is 0 Å². The third-order valence-electron chi connectivity index (χ3n) is 5.10. The number of halogens is 3. The number of carbonyl (C=O) groups excluding carboxylic acids is 1. The molecule has 0 radical (unpaired) electrons. The molecule has 0 aromatic heterocycles. The van der Waals surface area contributed by atoms with Gasteiger partial charge in [-0.25, -0.2) is 4.39 Å². The summed E-state index contributed by atoms with van der Waals surface area (Å²) in [5.74, 6) is -0.419. The van der Waals surface area contributed by atoms with Crippen molar-refractivity contribution in [2.24, 2.45) is 0 Å². The normalized spacial score (nSPS) is 17.7. The molecular weight excluding hydrogens is 386 g/mol. The van der Waals surface area contributed by atoms with Crippen LogP contribution < -0.4 is 5.32 Å². The molecule has 2 aromatic rings. The summed E-state index contributed by atoms with van der Waals surface area (Å²) in [7, 11) is 0. The Kier molecular flexibility index (Phi) is 5.24. The van der Waals surface area contributed by atoms with Crippen LogP contribution in [0.2, 0.25) is 10.0 Å². The van der Waals surface area contributed by atoms with E-state index in [1.165, 1.54) is 12.1 Å². The zero-order valence-corrected chi connectivity index (χ0v) is 17.1. The standard InChI is InChI=1S/C21H21Cl2FN2O/c1-12-13(2)20(27)26(19(12)25-18-7-5-6-17(24)11-18)21(3,4)14-8-15(22)10-16(23)9-14/h5-11,19,25H,1-4H3. The van der Waals surface area contributed by atoms with Crippen LogP contribution in [0.1, 0.15) is 33.3 Å². The maximum Gasteiger partial charge on any atom is 0.252 e. The molecule has 2 aromatic carbocycles. The first kappa shape index (κ1) is 19.7. The molecule has 0 saturated heterocycles. The van der Waals surface area contributed by atoms with Crippen molar-refractivity contribution in [1.29, 1.82) is 0 Å². The Balaban J connectivity index is 2.04. The van der Waals surface area contributed by atoms with Crippen LogP contribution in [0, 0.1) is 5.82 Å². The zero-order chi connectivity index (χ0) is 19.9. The molecule has 1 unspecified atom stereocenters. The Bertz CT molecular complexity index is 919. The summed E-state index contributed by atoms with van der Waals surface area (Å²) < 4.78 is 13.6. The minimum atomic E-state index is -0.699. The van der Waals surface area contributed by atoms with E-state index in [0.29, 0.717) is 21.3 Å². The smallest absolute Gasteiger partial charge is 0.252 e. The summed E-state index contributed by atoms with van der Waals surface area (Å²) in [6.07, 6.45) is -0.410. The van der Waals surface area contributed by atoms with Crippen molar-refractivity contribution < 1.29 is 9.18 Å². The van der Waals surface area contributed by atoms with Crippen molar-refractivity contribution in [2.75, 3.05) is 5.32 Å². The van der Waals surface area contributed by atoms with Crippen molar-refractivity contribution in [2.45, 2.75) is 39.4 Å². The number of carbonyl (C=O) groups is 1. The summed E-state index contributed by atoms with van der Waals surface area (Å²) >= 11 is 12.4. The van der Waals surface area contributed by atoms with Crippen LogP contribution in [-0.4, -0.2) is 17.0 Å². The van der Waals surface area contributed by atoms with Crippen molar-refractivity contribution in [1.82, 2.24) is 4.90 Å². The van der Waals surface area contributed by atoms with E-state index in [-0.39, 0.29) is 11.7 Å². The maximum absolute atomic E-state index is 13.6.